The maximum Gasteiger partial charge on any atom is 0.225 e. The van der Waals surface area contributed by atoms with Gasteiger partial charge in [0.05, 0.1) is 5.92 Å². The van der Waals surface area contributed by atoms with Crippen molar-refractivity contribution in [3.63, 3.8) is 0 Å². The van der Waals surface area contributed by atoms with Crippen LogP contribution in [0.3, 0.4) is 0 Å². The summed E-state index contributed by atoms with van der Waals surface area (Å²) in [6.45, 7) is 6.64. The van der Waals surface area contributed by atoms with E-state index < -0.39 is 0 Å². The Morgan fingerprint density at radius 3 is 2.04 bits per heavy atom. The smallest absolute Gasteiger partial charge is 0.225 e. The zero-order valence-corrected chi connectivity index (χ0v) is 17.4. The SMILES string of the molecule is CCCCCCCCCCCN1CC(C(=O)NCCCCCC)CC1=O. The van der Waals surface area contributed by atoms with Crippen LogP contribution in [0.5, 0.6) is 0 Å². The quantitative estimate of drug-likeness (QED) is 0.388. The molecular formula is C22H42N2O2. The van der Waals surface area contributed by atoms with E-state index in [2.05, 4.69) is 19.2 Å². The third-order valence-electron chi connectivity index (χ3n) is 5.45. The van der Waals surface area contributed by atoms with Gasteiger partial charge in [0.1, 0.15) is 0 Å². The summed E-state index contributed by atoms with van der Waals surface area (Å²) in [5.74, 6) is 0.104. The minimum Gasteiger partial charge on any atom is -0.356 e. The monoisotopic (exact) mass is 366 g/mol. The first-order chi connectivity index (χ1) is 12.7. The highest BCUT2D eigenvalue weighted by atomic mass is 16.2. The van der Waals surface area contributed by atoms with E-state index >= 15 is 0 Å². The van der Waals surface area contributed by atoms with Gasteiger partial charge < -0.3 is 10.2 Å². The molecule has 0 aromatic carbocycles. The minimum atomic E-state index is -0.132. The molecule has 4 nitrogen and oxygen atoms in total. The van der Waals surface area contributed by atoms with E-state index in [0.29, 0.717) is 13.0 Å². The number of unbranched alkanes of at least 4 members (excludes halogenated alkanes) is 11. The van der Waals surface area contributed by atoms with Crippen molar-refractivity contribution in [2.24, 2.45) is 5.92 Å². The molecule has 1 N–H and O–H groups in total. The van der Waals surface area contributed by atoms with Gasteiger partial charge in [0.15, 0.2) is 0 Å². The zero-order chi connectivity index (χ0) is 19.0. The molecule has 0 bridgehead atoms. The summed E-state index contributed by atoms with van der Waals surface area (Å²) in [6.07, 6.45) is 16.7. The summed E-state index contributed by atoms with van der Waals surface area (Å²) in [5, 5.41) is 3.01. The predicted octanol–water partition coefficient (Wildman–Crippen LogP) is 5.06. The number of carbonyl (C=O) groups is 2. The Morgan fingerprint density at radius 2 is 1.42 bits per heavy atom. The van der Waals surface area contributed by atoms with Crippen LogP contribution in [-0.4, -0.2) is 36.3 Å². The topological polar surface area (TPSA) is 49.4 Å². The van der Waals surface area contributed by atoms with Gasteiger partial charge in [-0.3, -0.25) is 9.59 Å². The number of likely N-dealkylation sites (tertiary alicyclic amines) is 1. The first-order valence-corrected chi connectivity index (χ1v) is 11.2. The number of carbonyl (C=O) groups excluding carboxylic acids is 2. The second kappa shape index (κ2) is 15.0. The van der Waals surface area contributed by atoms with Crippen LogP contribution < -0.4 is 5.32 Å². The van der Waals surface area contributed by atoms with Crippen LogP contribution in [0.1, 0.15) is 104 Å². The molecule has 1 aliphatic heterocycles. The molecule has 1 aliphatic rings. The molecule has 1 heterocycles. The molecule has 152 valence electrons. The van der Waals surface area contributed by atoms with E-state index in [1.54, 1.807) is 0 Å². The van der Waals surface area contributed by atoms with Crippen molar-refractivity contribution in [3.05, 3.63) is 0 Å². The lowest BCUT2D eigenvalue weighted by Crippen LogP contribution is -2.33. The predicted molar refractivity (Wildman–Crippen MR) is 109 cm³/mol. The highest BCUT2D eigenvalue weighted by Gasteiger charge is 2.33. The van der Waals surface area contributed by atoms with E-state index in [-0.39, 0.29) is 17.7 Å². The van der Waals surface area contributed by atoms with Crippen molar-refractivity contribution >= 4 is 11.8 Å². The summed E-state index contributed by atoms with van der Waals surface area (Å²) in [5.41, 5.74) is 0. The number of hydrogen-bond donors (Lipinski definition) is 1. The van der Waals surface area contributed by atoms with Crippen molar-refractivity contribution in [2.45, 2.75) is 104 Å². The highest BCUT2D eigenvalue weighted by molar-refractivity contribution is 5.89. The van der Waals surface area contributed by atoms with E-state index in [1.807, 2.05) is 4.90 Å². The summed E-state index contributed by atoms with van der Waals surface area (Å²) in [4.78, 5) is 26.2. The fourth-order valence-corrected chi connectivity index (χ4v) is 3.68. The molecular weight excluding hydrogens is 324 g/mol. The molecule has 1 fully saturated rings. The maximum atomic E-state index is 12.2. The van der Waals surface area contributed by atoms with Crippen LogP contribution in [0.25, 0.3) is 0 Å². The van der Waals surface area contributed by atoms with Gasteiger partial charge in [-0.05, 0) is 12.8 Å². The lowest BCUT2D eigenvalue weighted by atomic mass is 10.1. The molecule has 0 radical (unpaired) electrons. The normalized spacial score (nSPS) is 17.1. The zero-order valence-electron chi connectivity index (χ0n) is 17.4. The molecule has 1 unspecified atom stereocenters. The molecule has 0 spiro atoms. The van der Waals surface area contributed by atoms with Crippen LogP contribution in [0.15, 0.2) is 0 Å². The molecule has 1 saturated heterocycles. The Labute approximate surface area is 161 Å². The standard InChI is InChI=1S/C22H42N2O2/c1-3-5-7-9-10-11-12-13-15-17-24-19-20(18-21(24)25)22(26)23-16-14-8-6-4-2/h20H,3-19H2,1-2H3,(H,23,26). The van der Waals surface area contributed by atoms with Crippen LogP contribution in [0.2, 0.25) is 0 Å². The van der Waals surface area contributed by atoms with Gasteiger partial charge in [0, 0.05) is 26.1 Å². The fraction of sp³-hybridized carbons (Fsp3) is 0.909. The van der Waals surface area contributed by atoms with Crippen LogP contribution in [0, 0.1) is 5.92 Å². The molecule has 0 aliphatic carbocycles. The van der Waals surface area contributed by atoms with E-state index in [0.717, 1.165) is 25.9 Å². The minimum absolute atomic E-state index is 0.0735. The van der Waals surface area contributed by atoms with Gasteiger partial charge in [0.25, 0.3) is 0 Å². The number of rotatable bonds is 16. The van der Waals surface area contributed by atoms with Crippen molar-refractivity contribution in [2.75, 3.05) is 19.6 Å². The molecule has 1 rings (SSSR count). The Bertz CT molecular complexity index is 384. The lowest BCUT2D eigenvalue weighted by Gasteiger charge is -2.16. The maximum absolute atomic E-state index is 12.2. The third-order valence-corrected chi connectivity index (χ3v) is 5.45. The van der Waals surface area contributed by atoms with E-state index in [9.17, 15) is 9.59 Å². The average molecular weight is 367 g/mol. The molecule has 0 saturated carbocycles. The number of nitrogens with one attached hydrogen (secondary N) is 1. The van der Waals surface area contributed by atoms with Gasteiger partial charge in [-0.1, -0.05) is 84.5 Å². The summed E-state index contributed by atoms with van der Waals surface area (Å²) in [6, 6.07) is 0. The van der Waals surface area contributed by atoms with Crippen molar-refractivity contribution in [1.29, 1.82) is 0 Å². The molecule has 4 heteroatoms. The van der Waals surface area contributed by atoms with Crippen LogP contribution in [0.4, 0.5) is 0 Å². The average Bonchev–Trinajstić information content (AvgIpc) is 3.01. The Balaban J connectivity index is 2.04. The molecule has 0 aromatic rings. The van der Waals surface area contributed by atoms with Gasteiger partial charge in [-0.2, -0.15) is 0 Å². The number of hydrogen-bond acceptors (Lipinski definition) is 2. The Morgan fingerprint density at radius 1 is 0.885 bits per heavy atom. The van der Waals surface area contributed by atoms with Gasteiger partial charge in [-0.15, -0.1) is 0 Å². The van der Waals surface area contributed by atoms with Gasteiger partial charge in [-0.25, -0.2) is 0 Å². The van der Waals surface area contributed by atoms with Crippen molar-refractivity contribution < 1.29 is 9.59 Å². The second-order valence-corrected chi connectivity index (χ2v) is 7.92. The van der Waals surface area contributed by atoms with E-state index in [4.69, 9.17) is 0 Å². The first kappa shape index (κ1) is 23.0. The summed E-state index contributed by atoms with van der Waals surface area (Å²) >= 11 is 0. The van der Waals surface area contributed by atoms with E-state index in [1.165, 1.54) is 70.6 Å². The largest absolute Gasteiger partial charge is 0.356 e. The molecule has 2 amide bonds. The second-order valence-electron chi connectivity index (χ2n) is 7.92. The van der Waals surface area contributed by atoms with Gasteiger partial charge >= 0.3 is 0 Å². The molecule has 0 aromatic heterocycles. The van der Waals surface area contributed by atoms with Gasteiger partial charge in [0.2, 0.25) is 11.8 Å². The van der Waals surface area contributed by atoms with Crippen LogP contribution >= 0.6 is 0 Å². The number of nitrogens with zero attached hydrogens (tertiary/aromatic N) is 1. The summed E-state index contributed by atoms with van der Waals surface area (Å²) < 4.78 is 0. The Hall–Kier alpha value is -1.06. The lowest BCUT2D eigenvalue weighted by molar-refractivity contribution is -0.129. The highest BCUT2D eigenvalue weighted by Crippen LogP contribution is 2.19. The first-order valence-electron chi connectivity index (χ1n) is 11.2. The fourth-order valence-electron chi connectivity index (χ4n) is 3.68. The third kappa shape index (κ3) is 10.2. The van der Waals surface area contributed by atoms with Crippen molar-refractivity contribution in [3.8, 4) is 0 Å². The summed E-state index contributed by atoms with van der Waals surface area (Å²) in [7, 11) is 0. The molecule has 26 heavy (non-hydrogen) atoms. The van der Waals surface area contributed by atoms with Crippen molar-refractivity contribution in [1.82, 2.24) is 10.2 Å². The Kier molecular flexibility index (Phi) is 13.3. The van der Waals surface area contributed by atoms with Crippen LogP contribution in [-0.2, 0) is 9.59 Å². The molecule has 1 atom stereocenters. The number of amides is 2.